The molecule has 3 aromatic rings. The molecule has 0 radical (unpaired) electrons. The number of rotatable bonds is 8. The fourth-order valence-electron chi connectivity index (χ4n) is 4.92. The lowest BCUT2D eigenvalue weighted by Gasteiger charge is -2.23. The van der Waals surface area contributed by atoms with Gasteiger partial charge in [-0.25, -0.2) is 4.39 Å². The van der Waals surface area contributed by atoms with Crippen molar-refractivity contribution in [1.82, 2.24) is 4.98 Å². The highest BCUT2D eigenvalue weighted by atomic mass is 19.1. The van der Waals surface area contributed by atoms with Crippen LogP contribution in [0.2, 0.25) is 0 Å². The van der Waals surface area contributed by atoms with Crippen LogP contribution in [0.4, 0.5) is 4.39 Å². The van der Waals surface area contributed by atoms with E-state index in [1.807, 2.05) is 33.8 Å². The van der Waals surface area contributed by atoms with Gasteiger partial charge in [0.1, 0.15) is 5.82 Å². The molecule has 4 rings (SSSR count). The summed E-state index contributed by atoms with van der Waals surface area (Å²) < 4.78 is 19.9. The number of hydrogen-bond donors (Lipinski definition) is 1. The van der Waals surface area contributed by atoms with Gasteiger partial charge in [0.15, 0.2) is 0 Å². The molecule has 1 aliphatic carbocycles. The molecule has 2 aromatic carbocycles. The van der Waals surface area contributed by atoms with Gasteiger partial charge in [-0.1, -0.05) is 110 Å². The van der Waals surface area contributed by atoms with Crippen molar-refractivity contribution in [3.05, 3.63) is 88.0 Å². The average molecular weight is 538 g/mol. The van der Waals surface area contributed by atoms with Gasteiger partial charge in [0.05, 0.1) is 19.8 Å². The minimum Gasteiger partial charge on any atom is -0.392 e. The highest BCUT2D eigenvalue weighted by Gasteiger charge is 2.27. The summed E-state index contributed by atoms with van der Waals surface area (Å²) in [6, 6.07) is 14.9. The second kappa shape index (κ2) is 19.5. The summed E-state index contributed by atoms with van der Waals surface area (Å²) in [7, 11) is 0. The number of aliphatic hydroxyl groups excluding tert-OH is 1. The first-order valence-electron chi connectivity index (χ1n) is 15.1. The lowest BCUT2D eigenvalue weighted by atomic mass is 9.88. The van der Waals surface area contributed by atoms with Crippen LogP contribution < -0.4 is 0 Å². The fourth-order valence-corrected chi connectivity index (χ4v) is 4.92. The minimum atomic E-state index is -0.266. The number of aliphatic hydroxyl groups is 1. The zero-order valence-electron chi connectivity index (χ0n) is 25.7. The van der Waals surface area contributed by atoms with Crippen LogP contribution in [0, 0.1) is 12.7 Å². The molecule has 39 heavy (non-hydrogen) atoms. The molecular weight excluding hydrogens is 485 g/mol. The van der Waals surface area contributed by atoms with Gasteiger partial charge < -0.3 is 9.84 Å². The van der Waals surface area contributed by atoms with Crippen molar-refractivity contribution in [3.63, 3.8) is 0 Å². The van der Waals surface area contributed by atoms with Crippen LogP contribution in [0.5, 0.6) is 0 Å². The molecule has 1 heterocycles. The third-order valence-corrected chi connectivity index (χ3v) is 6.48. The third-order valence-electron chi connectivity index (χ3n) is 6.48. The van der Waals surface area contributed by atoms with Gasteiger partial charge in [0, 0.05) is 28.4 Å². The Labute approximate surface area is 237 Å². The summed E-state index contributed by atoms with van der Waals surface area (Å²) in [5.74, 6) is 0.141. The van der Waals surface area contributed by atoms with E-state index in [4.69, 9.17) is 9.72 Å². The molecule has 0 aliphatic heterocycles. The monoisotopic (exact) mass is 537 g/mol. The summed E-state index contributed by atoms with van der Waals surface area (Å²) in [5.41, 5.74) is 8.10. The van der Waals surface area contributed by atoms with Crippen LogP contribution >= 0.6 is 0 Å². The average Bonchev–Trinajstić information content (AvgIpc) is 3.51. The van der Waals surface area contributed by atoms with Crippen molar-refractivity contribution >= 4 is 0 Å². The standard InChI is InChI=1S/C28H32FNO2.C3H8.2C2H6/c1-3-26-24(16-31)27(21-11-13-23(29)14-12-21)25(28(30-26)22-9-4-5-10-22)18-32-17-20-8-6-7-19(2)15-20;1-3-2;2*1-2/h6-8,11-15,22,31H,3-5,9-10,16-18H2,1-2H3;3H2,1-2H3;2*1-2H3. The highest BCUT2D eigenvalue weighted by molar-refractivity contribution is 5.73. The number of pyridine rings is 1. The van der Waals surface area contributed by atoms with E-state index < -0.39 is 0 Å². The Hall–Kier alpha value is -2.56. The van der Waals surface area contributed by atoms with Crippen LogP contribution in [0.1, 0.15) is 120 Å². The number of benzene rings is 2. The molecule has 0 saturated heterocycles. The molecule has 0 unspecified atom stereocenters. The van der Waals surface area contributed by atoms with E-state index >= 15 is 0 Å². The number of nitrogens with zero attached hydrogens (tertiary/aromatic N) is 1. The van der Waals surface area contributed by atoms with Crippen molar-refractivity contribution in [2.24, 2.45) is 0 Å². The molecule has 0 spiro atoms. The van der Waals surface area contributed by atoms with E-state index in [1.54, 1.807) is 12.1 Å². The molecule has 0 bridgehead atoms. The number of aryl methyl sites for hydroxylation is 2. The summed E-state index contributed by atoms with van der Waals surface area (Å²) in [5, 5.41) is 10.3. The molecule has 1 saturated carbocycles. The second-order valence-electron chi connectivity index (χ2n) is 9.46. The summed E-state index contributed by atoms with van der Waals surface area (Å²) >= 11 is 0. The number of halogens is 1. The van der Waals surface area contributed by atoms with E-state index in [1.165, 1.54) is 37.0 Å². The Bertz CT molecular complexity index is 1070. The molecule has 0 atom stereocenters. The topological polar surface area (TPSA) is 42.4 Å². The molecule has 1 fully saturated rings. The normalized spacial score (nSPS) is 12.5. The second-order valence-corrected chi connectivity index (χ2v) is 9.46. The minimum absolute atomic E-state index is 0.0985. The van der Waals surface area contributed by atoms with Crippen LogP contribution in [0.15, 0.2) is 48.5 Å². The first kappa shape index (κ1) is 34.5. The lowest BCUT2D eigenvalue weighted by molar-refractivity contribution is 0.106. The predicted molar refractivity (Wildman–Crippen MR) is 164 cm³/mol. The Balaban J connectivity index is 0.000000996. The van der Waals surface area contributed by atoms with Crippen molar-refractivity contribution in [2.45, 2.75) is 120 Å². The van der Waals surface area contributed by atoms with Crippen LogP contribution in [-0.4, -0.2) is 10.1 Å². The Kier molecular flexibility index (Phi) is 17.2. The van der Waals surface area contributed by atoms with Gasteiger partial charge in [0.2, 0.25) is 0 Å². The maximum atomic E-state index is 13.7. The molecule has 1 aliphatic rings. The maximum absolute atomic E-state index is 13.7. The Morgan fingerprint density at radius 1 is 0.897 bits per heavy atom. The zero-order chi connectivity index (χ0) is 29.2. The SMILES string of the molecule is CC.CC.CCC.CCc1nc(C2CCCC2)c(COCc2cccc(C)c2)c(-c2ccc(F)cc2)c1CO. The smallest absolute Gasteiger partial charge is 0.123 e. The van der Waals surface area contributed by atoms with Gasteiger partial charge >= 0.3 is 0 Å². The third kappa shape index (κ3) is 10.2. The highest BCUT2D eigenvalue weighted by Crippen LogP contribution is 2.40. The lowest BCUT2D eigenvalue weighted by Crippen LogP contribution is -2.13. The summed E-state index contributed by atoms with van der Waals surface area (Å²) in [6.07, 6.45) is 6.68. The number of aromatic nitrogens is 1. The van der Waals surface area contributed by atoms with Gasteiger partial charge in [0.25, 0.3) is 0 Å². The number of ether oxygens (including phenoxy) is 1. The first-order chi connectivity index (χ1) is 19.0. The van der Waals surface area contributed by atoms with Gasteiger partial charge in [-0.05, 0) is 55.0 Å². The van der Waals surface area contributed by atoms with Crippen molar-refractivity contribution in [2.75, 3.05) is 0 Å². The summed E-state index contributed by atoms with van der Waals surface area (Å²) in [4.78, 5) is 5.07. The van der Waals surface area contributed by atoms with Crippen LogP contribution in [0.25, 0.3) is 11.1 Å². The zero-order valence-corrected chi connectivity index (χ0v) is 25.7. The van der Waals surface area contributed by atoms with Gasteiger partial charge in [-0.2, -0.15) is 0 Å². The molecule has 1 aromatic heterocycles. The molecule has 4 heteroatoms. The maximum Gasteiger partial charge on any atom is 0.123 e. The van der Waals surface area contributed by atoms with E-state index in [0.717, 1.165) is 58.5 Å². The van der Waals surface area contributed by atoms with E-state index in [2.05, 4.69) is 45.9 Å². The quantitative estimate of drug-likeness (QED) is 0.311. The fraction of sp³-hybridized carbons (Fsp3) is 0.514. The van der Waals surface area contributed by atoms with E-state index in [-0.39, 0.29) is 12.4 Å². The molecular formula is C35H52FNO2. The van der Waals surface area contributed by atoms with Crippen molar-refractivity contribution < 1.29 is 14.2 Å². The van der Waals surface area contributed by atoms with E-state index in [9.17, 15) is 9.50 Å². The largest absolute Gasteiger partial charge is 0.392 e. The number of hydrogen-bond acceptors (Lipinski definition) is 3. The molecule has 0 amide bonds. The van der Waals surface area contributed by atoms with E-state index in [0.29, 0.717) is 19.1 Å². The Morgan fingerprint density at radius 3 is 2.05 bits per heavy atom. The van der Waals surface area contributed by atoms with Crippen LogP contribution in [-0.2, 0) is 31.0 Å². The van der Waals surface area contributed by atoms with Gasteiger partial charge in [-0.15, -0.1) is 0 Å². The summed E-state index contributed by atoms with van der Waals surface area (Å²) in [6.45, 7) is 17.2. The molecule has 1 N–H and O–H groups in total. The predicted octanol–water partition coefficient (Wildman–Crippen LogP) is 10.1. The van der Waals surface area contributed by atoms with Crippen molar-refractivity contribution in [1.29, 1.82) is 0 Å². The first-order valence-corrected chi connectivity index (χ1v) is 15.1. The van der Waals surface area contributed by atoms with Gasteiger partial charge in [-0.3, -0.25) is 4.98 Å². The van der Waals surface area contributed by atoms with Crippen molar-refractivity contribution in [3.8, 4) is 11.1 Å². The van der Waals surface area contributed by atoms with Crippen LogP contribution in [0.3, 0.4) is 0 Å². The molecule has 216 valence electrons. The molecule has 3 nitrogen and oxygen atoms in total. The Morgan fingerprint density at radius 2 is 1.51 bits per heavy atom.